The van der Waals surface area contributed by atoms with Crippen molar-refractivity contribution in [2.75, 3.05) is 13.2 Å². The Balaban J connectivity index is 1.56. The summed E-state index contributed by atoms with van der Waals surface area (Å²) in [6.07, 6.45) is 1.89. The lowest BCUT2D eigenvalue weighted by Crippen LogP contribution is -2.40. The van der Waals surface area contributed by atoms with Crippen molar-refractivity contribution < 1.29 is 14.6 Å². The molecule has 0 saturated carbocycles. The van der Waals surface area contributed by atoms with E-state index in [0.717, 1.165) is 11.3 Å². The van der Waals surface area contributed by atoms with Gasteiger partial charge in [0, 0.05) is 18.7 Å². The maximum atomic E-state index is 12.7. The first-order valence-electron chi connectivity index (χ1n) is 7.50. The number of amides is 1. The number of hydrogen-bond donors (Lipinski definition) is 1. The number of benzene rings is 1. The Morgan fingerprint density at radius 1 is 1.26 bits per heavy atom. The van der Waals surface area contributed by atoms with Gasteiger partial charge in [0.15, 0.2) is 11.6 Å². The Hall–Kier alpha value is -2.67. The van der Waals surface area contributed by atoms with Gasteiger partial charge < -0.3 is 19.3 Å². The number of aromatic nitrogens is 3. The van der Waals surface area contributed by atoms with Gasteiger partial charge in [-0.2, -0.15) is 0 Å². The van der Waals surface area contributed by atoms with Crippen LogP contribution in [0.4, 0.5) is 0 Å². The maximum Gasteiger partial charge on any atom is 0.253 e. The zero-order chi connectivity index (χ0) is 15.8. The van der Waals surface area contributed by atoms with Crippen LogP contribution in [-0.2, 0) is 24.5 Å². The molecule has 2 aliphatic heterocycles. The number of rotatable bonds is 2. The maximum absolute atomic E-state index is 12.7. The number of nitrogens with zero attached hydrogens (tertiary/aromatic N) is 4. The average Bonchev–Trinajstić information content (AvgIpc) is 3.03. The van der Waals surface area contributed by atoms with Crippen molar-refractivity contribution in [3.63, 3.8) is 0 Å². The van der Waals surface area contributed by atoms with Crippen molar-refractivity contribution in [2.24, 2.45) is 0 Å². The van der Waals surface area contributed by atoms with Gasteiger partial charge in [-0.05, 0) is 12.1 Å². The van der Waals surface area contributed by atoms with Gasteiger partial charge in [-0.15, -0.1) is 10.2 Å². The molecule has 0 atom stereocenters. The SMILES string of the molecule is O=C(C1=Cc2ccccc2OC1)N1CCn2c(CO)nnc2C1. The lowest BCUT2D eigenvalue weighted by Gasteiger charge is -2.29. The van der Waals surface area contributed by atoms with E-state index in [-0.39, 0.29) is 19.1 Å². The average molecular weight is 312 g/mol. The molecule has 1 aromatic carbocycles. The molecule has 7 nitrogen and oxygen atoms in total. The summed E-state index contributed by atoms with van der Waals surface area (Å²) in [6.45, 7) is 1.69. The molecule has 0 unspecified atom stereocenters. The first-order valence-corrected chi connectivity index (χ1v) is 7.50. The quantitative estimate of drug-likeness (QED) is 0.878. The standard InChI is InChI=1S/C16H16N4O3/c21-9-15-18-17-14-8-19(5-6-20(14)15)16(22)12-7-11-3-1-2-4-13(11)23-10-12/h1-4,7,21H,5-6,8-10H2. The third-order valence-corrected chi connectivity index (χ3v) is 4.17. The van der Waals surface area contributed by atoms with Crippen LogP contribution in [0, 0.1) is 0 Å². The first-order chi connectivity index (χ1) is 11.3. The van der Waals surface area contributed by atoms with E-state index in [1.807, 2.05) is 34.9 Å². The summed E-state index contributed by atoms with van der Waals surface area (Å²) in [4.78, 5) is 14.5. The largest absolute Gasteiger partial charge is 0.488 e. The monoisotopic (exact) mass is 312 g/mol. The number of carbonyl (C=O) groups is 1. The van der Waals surface area contributed by atoms with E-state index in [1.165, 1.54) is 0 Å². The molecule has 4 rings (SSSR count). The molecule has 23 heavy (non-hydrogen) atoms. The zero-order valence-corrected chi connectivity index (χ0v) is 12.5. The summed E-state index contributed by atoms with van der Waals surface area (Å²) >= 11 is 0. The van der Waals surface area contributed by atoms with Gasteiger partial charge in [-0.1, -0.05) is 18.2 Å². The highest BCUT2D eigenvalue weighted by molar-refractivity contribution is 5.99. The molecule has 2 aliphatic rings. The molecule has 7 heteroatoms. The summed E-state index contributed by atoms with van der Waals surface area (Å²) in [5.74, 6) is 2.00. The molecule has 0 aliphatic carbocycles. The molecule has 0 saturated heterocycles. The predicted octanol–water partition coefficient (Wildman–Crippen LogP) is 0.589. The third-order valence-electron chi connectivity index (χ3n) is 4.17. The van der Waals surface area contributed by atoms with Crippen molar-refractivity contribution in [2.45, 2.75) is 19.7 Å². The van der Waals surface area contributed by atoms with Crippen LogP contribution in [0.1, 0.15) is 17.2 Å². The Kier molecular flexibility index (Phi) is 3.34. The lowest BCUT2D eigenvalue weighted by atomic mass is 10.1. The fourth-order valence-electron chi connectivity index (χ4n) is 2.95. The number of para-hydroxylation sites is 1. The van der Waals surface area contributed by atoms with E-state index < -0.39 is 0 Å². The van der Waals surface area contributed by atoms with Crippen molar-refractivity contribution in [3.05, 3.63) is 47.1 Å². The summed E-state index contributed by atoms with van der Waals surface area (Å²) in [5.41, 5.74) is 1.56. The predicted molar refractivity (Wildman–Crippen MR) is 81.3 cm³/mol. The van der Waals surface area contributed by atoms with Crippen molar-refractivity contribution in [1.29, 1.82) is 0 Å². The topological polar surface area (TPSA) is 80.5 Å². The fraction of sp³-hybridized carbons (Fsp3) is 0.312. The van der Waals surface area contributed by atoms with E-state index in [0.29, 0.717) is 36.9 Å². The number of fused-ring (bicyclic) bond motifs is 2. The highest BCUT2D eigenvalue weighted by Gasteiger charge is 2.27. The molecule has 0 bridgehead atoms. The summed E-state index contributed by atoms with van der Waals surface area (Å²) < 4.78 is 7.52. The number of aliphatic hydroxyl groups is 1. The van der Waals surface area contributed by atoms with Gasteiger partial charge in [0.25, 0.3) is 5.91 Å². The van der Waals surface area contributed by atoms with E-state index in [4.69, 9.17) is 4.74 Å². The van der Waals surface area contributed by atoms with Crippen LogP contribution < -0.4 is 4.74 Å². The molecule has 1 amide bonds. The normalized spacial score (nSPS) is 16.2. The highest BCUT2D eigenvalue weighted by Crippen LogP contribution is 2.27. The van der Waals surface area contributed by atoms with Gasteiger partial charge in [-0.25, -0.2) is 0 Å². The van der Waals surface area contributed by atoms with E-state index >= 15 is 0 Å². The van der Waals surface area contributed by atoms with Crippen molar-refractivity contribution in [3.8, 4) is 5.75 Å². The lowest BCUT2D eigenvalue weighted by molar-refractivity contribution is -0.128. The van der Waals surface area contributed by atoms with Crippen molar-refractivity contribution >= 4 is 12.0 Å². The van der Waals surface area contributed by atoms with E-state index in [9.17, 15) is 9.90 Å². The molecular formula is C16H16N4O3. The molecule has 1 aromatic heterocycles. The fourth-order valence-corrected chi connectivity index (χ4v) is 2.95. The Morgan fingerprint density at radius 3 is 3.00 bits per heavy atom. The molecule has 0 spiro atoms. The molecular weight excluding hydrogens is 296 g/mol. The smallest absolute Gasteiger partial charge is 0.253 e. The Morgan fingerprint density at radius 2 is 2.13 bits per heavy atom. The number of ether oxygens (including phenoxy) is 1. The molecule has 1 N–H and O–H groups in total. The highest BCUT2D eigenvalue weighted by atomic mass is 16.5. The van der Waals surface area contributed by atoms with Crippen LogP contribution in [0.2, 0.25) is 0 Å². The van der Waals surface area contributed by atoms with Gasteiger partial charge >= 0.3 is 0 Å². The van der Waals surface area contributed by atoms with Gasteiger partial charge in [-0.3, -0.25) is 4.79 Å². The van der Waals surface area contributed by atoms with E-state index in [2.05, 4.69) is 10.2 Å². The first kappa shape index (κ1) is 14.0. The second kappa shape index (κ2) is 5.51. The minimum absolute atomic E-state index is 0.0423. The zero-order valence-electron chi connectivity index (χ0n) is 12.5. The van der Waals surface area contributed by atoms with Crippen LogP contribution in [0.15, 0.2) is 29.8 Å². The summed E-state index contributed by atoms with van der Waals surface area (Å²) in [6, 6.07) is 7.66. The molecule has 2 aromatic rings. The second-order valence-corrected chi connectivity index (χ2v) is 5.56. The minimum atomic E-state index is -0.142. The van der Waals surface area contributed by atoms with E-state index in [1.54, 1.807) is 4.90 Å². The molecule has 0 radical (unpaired) electrons. The summed E-state index contributed by atoms with van der Waals surface area (Å²) in [5, 5.41) is 17.2. The Bertz CT molecular complexity index is 796. The second-order valence-electron chi connectivity index (χ2n) is 5.56. The van der Waals surface area contributed by atoms with Crippen LogP contribution >= 0.6 is 0 Å². The molecule has 118 valence electrons. The third kappa shape index (κ3) is 2.39. The summed E-state index contributed by atoms with van der Waals surface area (Å²) in [7, 11) is 0. The van der Waals surface area contributed by atoms with Gasteiger partial charge in [0.05, 0.1) is 12.1 Å². The van der Waals surface area contributed by atoms with Crippen molar-refractivity contribution in [1.82, 2.24) is 19.7 Å². The minimum Gasteiger partial charge on any atom is -0.488 e. The molecule has 0 fully saturated rings. The molecule has 3 heterocycles. The van der Waals surface area contributed by atoms with Gasteiger partial charge in [0.1, 0.15) is 19.0 Å². The Labute approximate surface area is 132 Å². The number of aliphatic hydroxyl groups excluding tert-OH is 1. The van der Waals surface area contributed by atoms with Crippen LogP contribution in [0.5, 0.6) is 5.75 Å². The number of carbonyl (C=O) groups excluding carboxylic acids is 1. The van der Waals surface area contributed by atoms with Gasteiger partial charge in [0.2, 0.25) is 0 Å². The van der Waals surface area contributed by atoms with Crippen LogP contribution in [-0.4, -0.2) is 43.8 Å². The van der Waals surface area contributed by atoms with Crippen LogP contribution in [0.25, 0.3) is 6.08 Å². The van der Waals surface area contributed by atoms with Crippen LogP contribution in [0.3, 0.4) is 0 Å². The number of hydrogen-bond acceptors (Lipinski definition) is 5.